The van der Waals surface area contributed by atoms with Gasteiger partial charge in [-0.1, -0.05) is 0 Å². The number of aryl methyl sites for hydroxylation is 1. The number of piperidine rings is 2. The van der Waals surface area contributed by atoms with Gasteiger partial charge in [-0.2, -0.15) is 0 Å². The molecule has 2 saturated heterocycles. The minimum atomic E-state index is 0.339. The van der Waals surface area contributed by atoms with E-state index < -0.39 is 0 Å². The van der Waals surface area contributed by atoms with Crippen molar-refractivity contribution in [3.63, 3.8) is 0 Å². The molecule has 1 N–H and O–H groups in total. The van der Waals surface area contributed by atoms with Gasteiger partial charge in [-0.05, 0) is 38.1 Å². The maximum atomic E-state index is 9.36. The monoisotopic (exact) mass is 294 g/mol. The Labute approximate surface area is 126 Å². The van der Waals surface area contributed by atoms with Crippen LogP contribution in [0.5, 0.6) is 0 Å². The van der Waals surface area contributed by atoms with Crippen molar-refractivity contribution in [2.75, 3.05) is 32.8 Å². The lowest BCUT2D eigenvalue weighted by atomic mass is 9.94. The summed E-state index contributed by atoms with van der Waals surface area (Å²) in [6.45, 7) is 7.39. The molecule has 0 saturated carbocycles. The summed E-state index contributed by atoms with van der Waals surface area (Å²) >= 11 is 0. The van der Waals surface area contributed by atoms with Gasteiger partial charge in [0.05, 0.1) is 6.54 Å². The van der Waals surface area contributed by atoms with E-state index in [1.807, 2.05) is 6.92 Å². The van der Waals surface area contributed by atoms with E-state index in [4.69, 9.17) is 4.42 Å². The first-order valence-corrected chi connectivity index (χ1v) is 8.11. The second-order valence-electron chi connectivity index (χ2n) is 6.41. The van der Waals surface area contributed by atoms with Crippen molar-refractivity contribution in [2.45, 2.75) is 45.2 Å². The molecule has 2 aliphatic rings. The van der Waals surface area contributed by atoms with Gasteiger partial charge in [0, 0.05) is 39.2 Å². The third kappa shape index (κ3) is 3.81. The molecule has 1 atom stereocenters. The lowest BCUT2D eigenvalue weighted by Gasteiger charge is -2.41. The van der Waals surface area contributed by atoms with E-state index in [1.165, 1.54) is 32.2 Å². The van der Waals surface area contributed by atoms with E-state index in [9.17, 15) is 5.11 Å². The number of aromatic nitrogens is 2. The first-order valence-electron chi connectivity index (χ1n) is 8.11. The Morgan fingerprint density at radius 2 is 2.00 bits per heavy atom. The number of hydrogen-bond acceptors (Lipinski definition) is 6. The van der Waals surface area contributed by atoms with Crippen LogP contribution in [0.15, 0.2) is 4.42 Å². The topological polar surface area (TPSA) is 65.6 Å². The molecule has 0 unspecified atom stereocenters. The van der Waals surface area contributed by atoms with E-state index in [0.717, 1.165) is 32.1 Å². The molecule has 118 valence electrons. The standard InChI is InChI=1S/C15H26N4O2/c1-12-16-17-15(21-12)10-18-7-4-14(5-8-18)19-6-2-3-13(9-19)11-20/h13-14,20H,2-11H2,1H3/t13-/m1/s1. The van der Waals surface area contributed by atoms with Gasteiger partial charge in [0.25, 0.3) is 0 Å². The third-order valence-corrected chi connectivity index (χ3v) is 4.81. The highest BCUT2D eigenvalue weighted by atomic mass is 16.4. The highest BCUT2D eigenvalue weighted by Crippen LogP contribution is 2.24. The number of likely N-dealkylation sites (tertiary alicyclic amines) is 2. The normalized spacial score (nSPS) is 26.3. The molecule has 1 aromatic rings. The van der Waals surface area contributed by atoms with Crippen molar-refractivity contribution in [3.05, 3.63) is 11.8 Å². The van der Waals surface area contributed by atoms with Crippen LogP contribution in [0, 0.1) is 12.8 Å². The van der Waals surface area contributed by atoms with Gasteiger partial charge >= 0.3 is 0 Å². The summed E-state index contributed by atoms with van der Waals surface area (Å²) in [5.41, 5.74) is 0. The summed E-state index contributed by atoms with van der Waals surface area (Å²) in [6, 6.07) is 0.681. The maximum absolute atomic E-state index is 9.36. The Bertz CT molecular complexity index is 443. The second-order valence-corrected chi connectivity index (χ2v) is 6.41. The smallest absolute Gasteiger partial charge is 0.230 e. The zero-order chi connectivity index (χ0) is 14.7. The molecule has 0 bridgehead atoms. The molecule has 0 spiro atoms. The lowest BCUT2D eigenvalue weighted by Crippen LogP contribution is -2.48. The predicted molar refractivity (Wildman–Crippen MR) is 78.7 cm³/mol. The van der Waals surface area contributed by atoms with E-state index >= 15 is 0 Å². The molecule has 6 heteroatoms. The Morgan fingerprint density at radius 1 is 1.19 bits per heavy atom. The molecule has 1 aromatic heterocycles. The van der Waals surface area contributed by atoms with Crippen LogP contribution in [0.1, 0.15) is 37.5 Å². The van der Waals surface area contributed by atoms with Gasteiger partial charge in [0.1, 0.15) is 0 Å². The van der Waals surface area contributed by atoms with Crippen LogP contribution in [0.2, 0.25) is 0 Å². The highest BCUT2D eigenvalue weighted by molar-refractivity contribution is 4.86. The molecule has 0 radical (unpaired) electrons. The number of hydrogen-bond donors (Lipinski definition) is 1. The minimum Gasteiger partial charge on any atom is -0.424 e. The van der Waals surface area contributed by atoms with Gasteiger partial charge < -0.3 is 9.52 Å². The molecule has 3 rings (SSSR count). The number of nitrogens with zero attached hydrogens (tertiary/aromatic N) is 4. The maximum Gasteiger partial charge on any atom is 0.230 e. The SMILES string of the molecule is Cc1nnc(CN2CCC(N3CCC[C@@H](CO)C3)CC2)o1. The largest absolute Gasteiger partial charge is 0.424 e. The highest BCUT2D eigenvalue weighted by Gasteiger charge is 2.28. The quantitative estimate of drug-likeness (QED) is 0.895. The zero-order valence-electron chi connectivity index (χ0n) is 12.9. The van der Waals surface area contributed by atoms with Gasteiger partial charge in [-0.15, -0.1) is 10.2 Å². The molecule has 2 aliphatic heterocycles. The van der Waals surface area contributed by atoms with Crippen molar-refractivity contribution in [3.8, 4) is 0 Å². The van der Waals surface area contributed by atoms with Crippen LogP contribution >= 0.6 is 0 Å². The average Bonchev–Trinajstić information content (AvgIpc) is 2.93. The summed E-state index contributed by atoms with van der Waals surface area (Å²) in [5.74, 6) is 1.85. The fourth-order valence-electron chi connectivity index (χ4n) is 3.61. The van der Waals surface area contributed by atoms with Gasteiger partial charge in [-0.3, -0.25) is 9.80 Å². The first-order chi connectivity index (χ1) is 10.2. The third-order valence-electron chi connectivity index (χ3n) is 4.81. The van der Waals surface area contributed by atoms with Crippen LogP contribution in [0.3, 0.4) is 0 Å². The van der Waals surface area contributed by atoms with Crippen molar-refractivity contribution in [1.29, 1.82) is 0 Å². The molecular weight excluding hydrogens is 268 g/mol. The van der Waals surface area contributed by atoms with Gasteiger partial charge in [0.2, 0.25) is 11.8 Å². The molecule has 21 heavy (non-hydrogen) atoms. The zero-order valence-corrected chi connectivity index (χ0v) is 12.9. The first kappa shape index (κ1) is 14.9. The van der Waals surface area contributed by atoms with Crippen molar-refractivity contribution in [1.82, 2.24) is 20.0 Å². The average molecular weight is 294 g/mol. The van der Waals surface area contributed by atoms with Gasteiger partial charge in [-0.25, -0.2) is 0 Å². The van der Waals surface area contributed by atoms with Crippen LogP contribution in [-0.2, 0) is 6.54 Å². The van der Waals surface area contributed by atoms with Crippen LogP contribution in [-0.4, -0.2) is 63.9 Å². The van der Waals surface area contributed by atoms with E-state index in [2.05, 4.69) is 20.0 Å². The fraction of sp³-hybridized carbons (Fsp3) is 0.867. The van der Waals surface area contributed by atoms with E-state index in [1.54, 1.807) is 0 Å². The Balaban J connectivity index is 1.46. The Hall–Kier alpha value is -0.980. The molecular formula is C15H26N4O2. The summed E-state index contributed by atoms with van der Waals surface area (Å²) in [6.07, 6.45) is 4.81. The number of rotatable bonds is 4. The number of aliphatic hydroxyl groups excluding tert-OH is 1. The molecule has 0 aliphatic carbocycles. The summed E-state index contributed by atoms with van der Waals surface area (Å²) in [5, 5.41) is 17.3. The van der Waals surface area contributed by atoms with Crippen LogP contribution in [0.4, 0.5) is 0 Å². The molecule has 0 aromatic carbocycles. The Kier molecular flexibility index (Phi) is 4.87. The molecule has 3 heterocycles. The number of aliphatic hydroxyl groups is 1. The second kappa shape index (κ2) is 6.85. The van der Waals surface area contributed by atoms with E-state index in [-0.39, 0.29) is 0 Å². The van der Waals surface area contributed by atoms with Crippen molar-refractivity contribution in [2.24, 2.45) is 5.92 Å². The molecule has 2 fully saturated rings. The summed E-state index contributed by atoms with van der Waals surface area (Å²) < 4.78 is 5.46. The predicted octanol–water partition coefficient (Wildman–Crippen LogP) is 1.05. The van der Waals surface area contributed by atoms with Crippen LogP contribution < -0.4 is 0 Å². The minimum absolute atomic E-state index is 0.339. The fourth-order valence-corrected chi connectivity index (χ4v) is 3.61. The van der Waals surface area contributed by atoms with Crippen molar-refractivity contribution < 1.29 is 9.52 Å². The van der Waals surface area contributed by atoms with Crippen LogP contribution in [0.25, 0.3) is 0 Å². The van der Waals surface area contributed by atoms with Gasteiger partial charge in [0.15, 0.2) is 0 Å². The van der Waals surface area contributed by atoms with Crippen molar-refractivity contribution >= 4 is 0 Å². The molecule has 0 amide bonds. The molecule has 6 nitrogen and oxygen atoms in total. The summed E-state index contributed by atoms with van der Waals surface area (Å²) in [4.78, 5) is 5.00. The van der Waals surface area contributed by atoms with E-state index in [0.29, 0.717) is 24.5 Å². The lowest BCUT2D eigenvalue weighted by molar-refractivity contribution is 0.0507. The summed E-state index contributed by atoms with van der Waals surface area (Å²) in [7, 11) is 0. The Morgan fingerprint density at radius 3 is 2.67 bits per heavy atom.